The summed E-state index contributed by atoms with van der Waals surface area (Å²) in [6.45, 7) is 0. The number of hydrogen-bond donors (Lipinski definition) is 2. The minimum atomic E-state index is -0.642. The van der Waals surface area contributed by atoms with Crippen molar-refractivity contribution in [1.82, 2.24) is 5.48 Å². The second kappa shape index (κ2) is 7.12. The Labute approximate surface area is 144 Å². The summed E-state index contributed by atoms with van der Waals surface area (Å²) in [7, 11) is 1.42. The van der Waals surface area contributed by atoms with Crippen molar-refractivity contribution >= 4 is 28.3 Å². The summed E-state index contributed by atoms with van der Waals surface area (Å²) >= 11 is 0. The van der Waals surface area contributed by atoms with E-state index in [0.29, 0.717) is 11.3 Å². The van der Waals surface area contributed by atoms with Gasteiger partial charge in [-0.05, 0) is 35.7 Å². The van der Waals surface area contributed by atoms with Crippen LogP contribution in [0.15, 0.2) is 66.7 Å². The van der Waals surface area contributed by atoms with Crippen LogP contribution in [-0.4, -0.2) is 24.1 Å². The zero-order chi connectivity index (χ0) is 17.8. The Morgan fingerprint density at radius 3 is 2.24 bits per heavy atom. The van der Waals surface area contributed by atoms with Crippen molar-refractivity contribution < 1.29 is 19.6 Å². The fraction of sp³-hybridized carbons (Fsp3) is 0.0526. The molecule has 3 rings (SSSR count). The number of benzene rings is 3. The maximum Gasteiger partial charge on any atom is 0.282 e. The molecule has 0 saturated heterocycles. The third kappa shape index (κ3) is 3.21. The minimum absolute atomic E-state index is 0.244. The Kier molecular flexibility index (Phi) is 4.74. The highest BCUT2D eigenvalue weighted by atomic mass is 16.7. The van der Waals surface area contributed by atoms with Crippen LogP contribution in [0.25, 0.3) is 10.8 Å². The summed E-state index contributed by atoms with van der Waals surface area (Å²) in [5, 5.41) is 11.7. The molecule has 25 heavy (non-hydrogen) atoms. The minimum Gasteiger partial charge on any atom is -0.288 e. The van der Waals surface area contributed by atoms with Gasteiger partial charge in [0.25, 0.3) is 11.8 Å². The second-order valence-corrected chi connectivity index (χ2v) is 5.30. The monoisotopic (exact) mass is 336 g/mol. The van der Waals surface area contributed by atoms with Gasteiger partial charge in [-0.2, -0.15) is 5.06 Å². The molecule has 3 aromatic carbocycles. The average molecular weight is 336 g/mol. The maximum atomic E-state index is 12.8. The van der Waals surface area contributed by atoms with Crippen LogP contribution in [0.4, 0.5) is 5.69 Å². The van der Waals surface area contributed by atoms with Crippen molar-refractivity contribution in [3.8, 4) is 0 Å². The SMILES string of the molecule is CON(C(=O)c1ccc(C(=O)NO)cc1)c1cccc2ccccc12. The number of nitrogens with one attached hydrogen (secondary N) is 1. The van der Waals surface area contributed by atoms with E-state index < -0.39 is 5.91 Å². The number of amides is 2. The van der Waals surface area contributed by atoms with Crippen LogP contribution in [-0.2, 0) is 4.84 Å². The molecular weight excluding hydrogens is 320 g/mol. The lowest BCUT2D eigenvalue weighted by Gasteiger charge is -2.21. The van der Waals surface area contributed by atoms with Gasteiger partial charge in [-0.3, -0.25) is 19.6 Å². The number of hydroxylamine groups is 2. The fourth-order valence-corrected chi connectivity index (χ4v) is 2.62. The Morgan fingerprint density at radius 1 is 0.920 bits per heavy atom. The van der Waals surface area contributed by atoms with Gasteiger partial charge >= 0.3 is 0 Å². The Hall–Kier alpha value is -3.22. The molecule has 0 saturated carbocycles. The molecule has 0 atom stereocenters. The quantitative estimate of drug-likeness (QED) is 0.566. The van der Waals surface area contributed by atoms with Gasteiger partial charge < -0.3 is 0 Å². The number of nitrogens with zero attached hydrogens (tertiary/aromatic N) is 1. The van der Waals surface area contributed by atoms with E-state index in [4.69, 9.17) is 10.0 Å². The van der Waals surface area contributed by atoms with Crippen molar-refractivity contribution in [2.75, 3.05) is 12.2 Å². The Balaban J connectivity index is 1.97. The molecule has 0 aliphatic rings. The van der Waals surface area contributed by atoms with Gasteiger partial charge in [0, 0.05) is 16.5 Å². The molecule has 126 valence electrons. The van der Waals surface area contributed by atoms with Gasteiger partial charge in [0.15, 0.2) is 0 Å². The summed E-state index contributed by atoms with van der Waals surface area (Å²) in [6, 6.07) is 19.2. The maximum absolute atomic E-state index is 12.8. The normalized spacial score (nSPS) is 10.5. The summed E-state index contributed by atoms with van der Waals surface area (Å²) in [5.74, 6) is -1.01. The van der Waals surface area contributed by atoms with Crippen LogP contribution in [0.2, 0.25) is 0 Å². The van der Waals surface area contributed by atoms with Crippen molar-refractivity contribution in [2.45, 2.75) is 0 Å². The van der Waals surface area contributed by atoms with Gasteiger partial charge in [0.05, 0.1) is 12.8 Å². The van der Waals surface area contributed by atoms with E-state index >= 15 is 0 Å². The molecular formula is C19H16N2O4. The van der Waals surface area contributed by atoms with Gasteiger partial charge in [-0.1, -0.05) is 36.4 Å². The third-order valence-corrected chi connectivity index (χ3v) is 3.85. The van der Waals surface area contributed by atoms with E-state index in [9.17, 15) is 9.59 Å². The van der Waals surface area contributed by atoms with Crippen molar-refractivity contribution in [3.63, 3.8) is 0 Å². The van der Waals surface area contributed by atoms with Crippen molar-refractivity contribution in [3.05, 3.63) is 77.9 Å². The number of carbonyl (C=O) groups is 2. The van der Waals surface area contributed by atoms with Crippen LogP contribution in [0.1, 0.15) is 20.7 Å². The second-order valence-electron chi connectivity index (χ2n) is 5.30. The lowest BCUT2D eigenvalue weighted by molar-refractivity contribution is 0.0705. The van der Waals surface area contributed by atoms with Gasteiger partial charge in [-0.25, -0.2) is 5.48 Å². The number of rotatable bonds is 4. The van der Waals surface area contributed by atoms with Gasteiger partial charge in [0.1, 0.15) is 0 Å². The average Bonchev–Trinajstić information content (AvgIpc) is 2.68. The number of hydrogen-bond acceptors (Lipinski definition) is 4. The Bertz CT molecular complexity index is 917. The molecule has 0 heterocycles. The third-order valence-electron chi connectivity index (χ3n) is 3.85. The molecule has 2 amide bonds. The highest BCUT2D eigenvalue weighted by Gasteiger charge is 2.20. The number of carbonyl (C=O) groups excluding carboxylic acids is 2. The lowest BCUT2D eigenvalue weighted by atomic mass is 10.1. The van der Waals surface area contributed by atoms with Gasteiger partial charge in [-0.15, -0.1) is 0 Å². The lowest BCUT2D eigenvalue weighted by Crippen LogP contribution is -2.30. The molecule has 6 heteroatoms. The molecule has 0 unspecified atom stereocenters. The smallest absolute Gasteiger partial charge is 0.282 e. The summed E-state index contributed by atoms with van der Waals surface area (Å²) in [4.78, 5) is 29.5. The molecule has 0 aliphatic heterocycles. The summed E-state index contributed by atoms with van der Waals surface area (Å²) < 4.78 is 0. The fourth-order valence-electron chi connectivity index (χ4n) is 2.62. The highest BCUT2D eigenvalue weighted by molar-refractivity contribution is 6.09. The van der Waals surface area contributed by atoms with E-state index in [1.807, 2.05) is 36.4 Å². The topological polar surface area (TPSA) is 78.9 Å². The number of fused-ring (bicyclic) bond motifs is 1. The summed E-state index contributed by atoms with van der Waals surface area (Å²) in [5.41, 5.74) is 2.77. The van der Waals surface area contributed by atoms with E-state index in [1.165, 1.54) is 36.4 Å². The zero-order valence-corrected chi connectivity index (χ0v) is 13.5. The first-order valence-electron chi connectivity index (χ1n) is 7.56. The zero-order valence-electron chi connectivity index (χ0n) is 13.5. The molecule has 0 aliphatic carbocycles. The van der Waals surface area contributed by atoms with Crippen LogP contribution >= 0.6 is 0 Å². The van der Waals surface area contributed by atoms with Crippen LogP contribution < -0.4 is 10.5 Å². The van der Waals surface area contributed by atoms with E-state index in [-0.39, 0.29) is 11.5 Å². The van der Waals surface area contributed by atoms with Crippen LogP contribution in [0.5, 0.6) is 0 Å². The molecule has 0 aromatic heterocycles. The highest BCUT2D eigenvalue weighted by Crippen LogP contribution is 2.28. The summed E-state index contributed by atoms with van der Waals surface area (Å²) in [6.07, 6.45) is 0. The van der Waals surface area contributed by atoms with Crippen LogP contribution in [0, 0.1) is 0 Å². The predicted molar refractivity (Wildman–Crippen MR) is 93.5 cm³/mol. The molecule has 0 spiro atoms. The van der Waals surface area contributed by atoms with E-state index in [1.54, 1.807) is 11.5 Å². The predicted octanol–water partition coefficient (Wildman–Crippen LogP) is 3.17. The first-order chi connectivity index (χ1) is 12.2. The number of anilines is 1. The van der Waals surface area contributed by atoms with Crippen molar-refractivity contribution in [2.24, 2.45) is 0 Å². The molecule has 0 radical (unpaired) electrons. The standard InChI is InChI=1S/C19H16N2O4/c1-25-21(17-8-4-6-13-5-2-3-7-16(13)17)19(23)15-11-9-14(10-12-15)18(22)20-24/h2-12,24H,1H3,(H,20,22). The van der Waals surface area contributed by atoms with E-state index in [2.05, 4.69) is 0 Å². The molecule has 2 N–H and O–H groups in total. The first kappa shape index (κ1) is 16.6. The largest absolute Gasteiger partial charge is 0.288 e. The Morgan fingerprint density at radius 2 is 1.56 bits per heavy atom. The van der Waals surface area contributed by atoms with E-state index in [0.717, 1.165) is 10.8 Å². The molecule has 0 fully saturated rings. The van der Waals surface area contributed by atoms with Gasteiger partial charge in [0.2, 0.25) is 0 Å². The molecule has 6 nitrogen and oxygen atoms in total. The van der Waals surface area contributed by atoms with Crippen LogP contribution in [0.3, 0.4) is 0 Å². The first-order valence-corrected chi connectivity index (χ1v) is 7.56. The molecule has 3 aromatic rings. The van der Waals surface area contributed by atoms with Crippen molar-refractivity contribution in [1.29, 1.82) is 0 Å². The molecule has 0 bridgehead atoms.